The molecule has 0 saturated carbocycles. The van der Waals surface area contributed by atoms with E-state index in [1.54, 1.807) is 10.4 Å². The Labute approximate surface area is 205 Å². The summed E-state index contributed by atoms with van der Waals surface area (Å²) >= 11 is 12.5. The minimum atomic E-state index is -3.91. The number of aryl methyl sites for hydroxylation is 1. The summed E-state index contributed by atoms with van der Waals surface area (Å²) in [6.07, 6.45) is 3.31. The summed E-state index contributed by atoms with van der Waals surface area (Å²) in [6.45, 7) is 1.73. The van der Waals surface area contributed by atoms with Crippen LogP contribution in [0.3, 0.4) is 0 Å². The van der Waals surface area contributed by atoms with Crippen LogP contribution in [-0.4, -0.2) is 27.5 Å². The standard InChI is InChI=1S/C26H26Cl2N2O2S/c27-20-11-12-24(22(28)18-20)33(31,32)30-23-9-5-4-8-21(23)26(14-16-29-17-15-26)25(30)13-10-19-6-2-1-3-7-19/h1-9,11-12,18,25,29H,10,13-17H2/t25-/m1/s1. The van der Waals surface area contributed by atoms with Crippen molar-refractivity contribution >= 4 is 38.9 Å². The van der Waals surface area contributed by atoms with Crippen LogP contribution in [0.25, 0.3) is 0 Å². The molecule has 0 unspecified atom stereocenters. The Balaban J connectivity index is 1.64. The molecule has 4 nitrogen and oxygen atoms in total. The fourth-order valence-corrected chi connectivity index (χ4v) is 8.08. The highest BCUT2D eigenvalue weighted by molar-refractivity contribution is 7.93. The number of anilines is 1. The highest BCUT2D eigenvalue weighted by Gasteiger charge is 2.54. The van der Waals surface area contributed by atoms with Crippen LogP contribution < -0.4 is 9.62 Å². The molecular weight excluding hydrogens is 475 g/mol. The SMILES string of the molecule is O=S(=O)(c1ccc(Cl)cc1Cl)N1c2ccccc2C2(CCNCC2)[C@H]1CCc1ccccc1. The second-order valence-electron chi connectivity index (χ2n) is 8.84. The van der Waals surface area contributed by atoms with E-state index in [0.717, 1.165) is 50.0 Å². The van der Waals surface area contributed by atoms with Crippen molar-refractivity contribution in [1.29, 1.82) is 0 Å². The van der Waals surface area contributed by atoms with Crippen LogP contribution in [0.5, 0.6) is 0 Å². The predicted octanol–water partition coefficient (Wildman–Crippen LogP) is 5.82. The normalized spacial score (nSPS) is 19.6. The van der Waals surface area contributed by atoms with Crippen molar-refractivity contribution in [1.82, 2.24) is 5.32 Å². The summed E-state index contributed by atoms with van der Waals surface area (Å²) in [5.74, 6) is 0. The first-order valence-corrected chi connectivity index (χ1v) is 13.5. The van der Waals surface area contributed by atoms with Gasteiger partial charge < -0.3 is 5.32 Å². The molecule has 0 aliphatic carbocycles. The third-order valence-electron chi connectivity index (χ3n) is 7.07. The molecule has 0 bridgehead atoms. The van der Waals surface area contributed by atoms with E-state index in [2.05, 4.69) is 23.5 Å². The van der Waals surface area contributed by atoms with Gasteiger partial charge in [-0.3, -0.25) is 4.31 Å². The van der Waals surface area contributed by atoms with Crippen LogP contribution in [0.4, 0.5) is 5.69 Å². The van der Waals surface area contributed by atoms with Gasteiger partial charge in [0.05, 0.1) is 16.8 Å². The van der Waals surface area contributed by atoms with Crippen LogP contribution >= 0.6 is 23.2 Å². The Morgan fingerprint density at radius 2 is 1.64 bits per heavy atom. The number of benzene rings is 3. The summed E-state index contributed by atoms with van der Waals surface area (Å²) in [6, 6.07) is 22.6. The number of fused-ring (bicyclic) bond motifs is 2. The molecule has 0 amide bonds. The van der Waals surface area contributed by atoms with Crippen molar-refractivity contribution in [3.05, 3.63) is 94.0 Å². The molecule has 7 heteroatoms. The number of para-hydroxylation sites is 1. The van der Waals surface area contributed by atoms with E-state index < -0.39 is 10.0 Å². The van der Waals surface area contributed by atoms with Crippen LogP contribution in [0.15, 0.2) is 77.7 Å². The molecule has 1 atom stereocenters. The molecule has 3 aromatic rings. The summed E-state index contributed by atoms with van der Waals surface area (Å²) in [7, 11) is -3.91. The number of sulfonamides is 1. The number of halogens is 2. The lowest BCUT2D eigenvalue weighted by molar-refractivity contribution is 0.264. The highest BCUT2D eigenvalue weighted by atomic mass is 35.5. The second-order valence-corrected chi connectivity index (χ2v) is 11.5. The molecule has 5 rings (SSSR count). The van der Waals surface area contributed by atoms with Crippen molar-refractivity contribution in [2.24, 2.45) is 0 Å². The van der Waals surface area contributed by atoms with Crippen LogP contribution in [0.2, 0.25) is 10.0 Å². The zero-order valence-electron chi connectivity index (χ0n) is 18.2. The van der Waals surface area contributed by atoms with Gasteiger partial charge in [-0.25, -0.2) is 8.42 Å². The molecule has 0 radical (unpaired) electrons. The Kier molecular flexibility index (Phi) is 6.17. The number of nitrogens with zero attached hydrogens (tertiary/aromatic N) is 1. The average Bonchev–Trinajstić information content (AvgIpc) is 3.08. The molecule has 1 fully saturated rings. The first kappa shape index (κ1) is 22.7. The van der Waals surface area contributed by atoms with Crippen LogP contribution in [0, 0.1) is 0 Å². The Morgan fingerprint density at radius 1 is 0.939 bits per heavy atom. The lowest BCUT2D eigenvalue weighted by atomic mass is 9.69. The van der Waals surface area contributed by atoms with Crippen molar-refractivity contribution in [2.75, 3.05) is 17.4 Å². The van der Waals surface area contributed by atoms with Gasteiger partial charge in [0.2, 0.25) is 0 Å². The summed E-state index contributed by atoms with van der Waals surface area (Å²) in [5.41, 5.74) is 2.86. The maximum Gasteiger partial charge on any atom is 0.266 e. The van der Waals surface area contributed by atoms with E-state index in [1.807, 2.05) is 36.4 Å². The molecule has 1 spiro atoms. The van der Waals surface area contributed by atoms with Crippen LogP contribution in [-0.2, 0) is 21.9 Å². The van der Waals surface area contributed by atoms with Gasteiger partial charge in [-0.1, -0.05) is 71.7 Å². The van der Waals surface area contributed by atoms with E-state index in [-0.39, 0.29) is 21.4 Å². The second kappa shape index (κ2) is 8.95. The summed E-state index contributed by atoms with van der Waals surface area (Å²) < 4.78 is 30.0. The number of piperidine rings is 1. The summed E-state index contributed by atoms with van der Waals surface area (Å²) in [4.78, 5) is 0.0964. The molecule has 172 valence electrons. The summed E-state index contributed by atoms with van der Waals surface area (Å²) in [5, 5.41) is 4.02. The van der Waals surface area contributed by atoms with Crippen molar-refractivity contribution in [3.8, 4) is 0 Å². The fraction of sp³-hybridized carbons (Fsp3) is 0.308. The molecule has 33 heavy (non-hydrogen) atoms. The zero-order valence-corrected chi connectivity index (χ0v) is 20.5. The molecule has 0 aromatic heterocycles. The molecule has 1 N–H and O–H groups in total. The zero-order chi connectivity index (χ0) is 23.1. The van der Waals surface area contributed by atoms with Crippen molar-refractivity contribution in [2.45, 2.75) is 42.0 Å². The van der Waals surface area contributed by atoms with Gasteiger partial charge in [0.1, 0.15) is 4.90 Å². The van der Waals surface area contributed by atoms with Crippen molar-refractivity contribution in [3.63, 3.8) is 0 Å². The third-order valence-corrected chi connectivity index (χ3v) is 9.62. The lowest BCUT2D eigenvalue weighted by Crippen LogP contribution is -2.52. The minimum absolute atomic E-state index is 0.0964. The van der Waals surface area contributed by atoms with Gasteiger partial charge in [0, 0.05) is 10.4 Å². The van der Waals surface area contributed by atoms with E-state index in [9.17, 15) is 8.42 Å². The largest absolute Gasteiger partial charge is 0.317 e. The minimum Gasteiger partial charge on any atom is -0.317 e. The maximum absolute atomic E-state index is 14.2. The topological polar surface area (TPSA) is 49.4 Å². The Hall–Kier alpha value is -2.05. The Bertz CT molecular complexity index is 1260. The molecule has 3 aromatic carbocycles. The van der Waals surface area contributed by atoms with Gasteiger partial charge in [-0.05, 0) is 74.2 Å². The molecule has 2 heterocycles. The number of rotatable bonds is 5. The number of hydrogen-bond donors (Lipinski definition) is 1. The van der Waals surface area contributed by atoms with E-state index in [1.165, 1.54) is 17.7 Å². The predicted molar refractivity (Wildman–Crippen MR) is 135 cm³/mol. The van der Waals surface area contributed by atoms with Gasteiger partial charge in [-0.2, -0.15) is 0 Å². The first-order valence-electron chi connectivity index (χ1n) is 11.3. The smallest absolute Gasteiger partial charge is 0.266 e. The fourth-order valence-electron chi connectivity index (χ4n) is 5.56. The molecule has 2 aliphatic heterocycles. The van der Waals surface area contributed by atoms with E-state index >= 15 is 0 Å². The quantitative estimate of drug-likeness (QED) is 0.479. The Morgan fingerprint density at radius 3 is 2.36 bits per heavy atom. The monoisotopic (exact) mass is 500 g/mol. The van der Waals surface area contributed by atoms with Gasteiger partial charge in [0.25, 0.3) is 10.0 Å². The third kappa shape index (κ3) is 3.95. The number of hydrogen-bond acceptors (Lipinski definition) is 3. The molecular formula is C26H26Cl2N2O2S. The first-order chi connectivity index (χ1) is 15.9. The van der Waals surface area contributed by atoms with Gasteiger partial charge >= 0.3 is 0 Å². The van der Waals surface area contributed by atoms with E-state index in [4.69, 9.17) is 23.2 Å². The lowest BCUT2D eigenvalue weighted by Gasteiger charge is -2.42. The average molecular weight is 501 g/mol. The number of nitrogens with one attached hydrogen (secondary N) is 1. The maximum atomic E-state index is 14.2. The molecule has 1 saturated heterocycles. The van der Waals surface area contributed by atoms with Gasteiger partial charge in [0.15, 0.2) is 0 Å². The van der Waals surface area contributed by atoms with E-state index in [0.29, 0.717) is 5.02 Å². The van der Waals surface area contributed by atoms with Crippen molar-refractivity contribution < 1.29 is 8.42 Å². The van der Waals surface area contributed by atoms with Crippen LogP contribution in [0.1, 0.15) is 30.4 Å². The highest BCUT2D eigenvalue weighted by Crippen LogP contribution is 2.53. The molecule has 2 aliphatic rings. The van der Waals surface area contributed by atoms with Gasteiger partial charge in [-0.15, -0.1) is 0 Å².